The van der Waals surface area contributed by atoms with Crippen molar-refractivity contribution in [1.29, 1.82) is 5.26 Å². The average molecular weight is 522 g/mol. The number of hydrogen-bond donors (Lipinski definition) is 0. The van der Waals surface area contributed by atoms with Crippen LogP contribution in [0, 0.1) is 18.3 Å². The Morgan fingerprint density at radius 2 is 1.91 bits per heavy atom. The molecule has 3 saturated heterocycles. The van der Waals surface area contributed by atoms with Crippen LogP contribution in [0.3, 0.4) is 0 Å². The Hall–Kier alpha value is -2.20. The first-order chi connectivity index (χ1) is 16.1. The predicted octanol–water partition coefficient (Wildman–Crippen LogP) is 1.10. The first-order valence-corrected chi connectivity index (χ1v) is 14.2. The summed E-state index contributed by atoms with van der Waals surface area (Å²) in [5.41, 5.74) is 0.839. The van der Waals surface area contributed by atoms with Gasteiger partial charge in [0.25, 0.3) is 11.5 Å². The maximum absolute atomic E-state index is 13.3. The highest BCUT2D eigenvalue weighted by molar-refractivity contribution is 8.26. The molecule has 0 radical (unpaired) electrons. The molecule has 1 unspecified atom stereocenters. The fourth-order valence-electron chi connectivity index (χ4n) is 4.77. The van der Waals surface area contributed by atoms with Gasteiger partial charge < -0.3 is 9.80 Å². The van der Waals surface area contributed by atoms with E-state index in [2.05, 4.69) is 16.7 Å². The lowest BCUT2D eigenvalue weighted by molar-refractivity contribution is -0.123. The summed E-state index contributed by atoms with van der Waals surface area (Å²) in [6.07, 6.45) is 2.08. The van der Waals surface area contributed by atoms with Gasteiger partial charge in [0.1, 0.15) is 21.8 Å². The third-order valence-electron chi connectivity index (χ3n) is 6.76. The average Bonchev–Trinajstić information content (AvgIpc) is 3.29. The molecule has 4 rings (SSSR count). The molecule has 3 fully saturated rings. The SMILES string of the molecule is CCN1CCN(c2c(/C=C3/SC(=S)N(C4CCS(=O)(=O)C4)C3=O)c(C)c(C#N)c(=O)n2C)CC1. The molecule has 3 aliphatic rings. The number of hydrogen-bond acceptors (Lipinski definition) is 9. The van der Waals surface area contributed by atoms with Crippen molar-refractivity contribution in [3.63, 3.8) is 0 Å². The third-order valence-corrected chi connectivity index (χ3v) is 9.84. The molecule has 4 heterocycles. The van der Waals surface area contributed by atoms with Crippen molar-refractivity contribution in [3.05, 3.63) is 31.9 Å². The zero-order chi connectivity index (χ0) is 24.8. The van der Waals surface area contributed by atoms with Crippen LogP contribution in [0.5, 0.6) is 0 Å². The number of carbonyl (C=O) groups excluding carboxylic acids is 1. The van der Waals surface area contributed by atoms with Crippen molar-refractivity contribution >= 4 is 55.9 Å². The topological polar surface area (TPSA) is 107 Å². The van der Waals surface area contributed by atoms with Crippen LogP contribution >= 0.6 is 24.0 Å². The van der Waals surface area contributed by atoms with Gasteiger partial charge in [-0.1, -0.05) is 30.9 Å². The van der Waals surface area contributed by atoms with Crippen LogP contribution in [0.1, 0.15) is 30.0 Å². The van der Waals surface area contributed by atoms with Gasteiger partial charge in [0.2, 0.25) is 0 Å². The van der Waals surface area contributed by atoms with Gasteiger partial charge >= 0.3 is 0 Å². The molecule has 1 aromatic heterocycles. The number of nitrogens with zero attached hydrogens (tertiary/aromatic N) is 5. The number of rotatable bonds is 4. The number of piperazine rings is 1. The summed E-state index contributed by atoms with van der Waals surface area (Å²) in [6.45, 7) is 7.92. The van der Waals surface area contributed by atoms with Gasteiger partial charge in [0.05, 0.1) is 22.5 Å². The zero-order valence-corrected chi connectivity index (χ0v) is 21.9. The molecule has 0 spiro atoms. The number of thiocarbonyl (C=S) groups is 1. The van der Waals surface area contributed by atoms with Crippen molar-refractivity contribution in [2.75, 3.05) is 49.1 Å². The zero-order valence-electron chi connectivity index (χ0n) is 19.4. The molecule has 3 aliphatic heterocycles. The number of carbonyl (C=O) groups is 1. The standard InChI is InChI=1S/C22H27N5O4S3/c1-4-25-6-8-26(9-7-25)19-16(14(2)17(12-23)20(28)24(19)3)11-18-21(29)27(22(32)33-18)15-5-10-34(30,31)13-15/h11,15H,4-10,13H2,1-3H3/b18-11+. The molecule has 34 heavy (non-hydrogen) atoms. The Kier molecular flexibility index (Phi) is 6.92. The van der Waals surface area contributed by atoms with Crippen molar-refractivity contribution in [2.24, 2.45) is 7.05 Å². The summed E-state index contributed by atoms with van der Waals surface area (Å²) in [4.78, 5) is 32.5. The largest absolute Gasteiger partial charge is 0.355 e. The predicted molar refractivity (Wildman–Crippen MR) is 138 cm³/mol. The van der Waals surface area contributed by atoms with Crippen molar-refractivity contribution in [3.8, 4) is 6.07 Å². The van der Waals surface area contributed by atoms with E-state index in [1.54, 1.807) is 20.0 Å². The van der Waals surface area contributed by atoms with E-state index in [0.717, 1.165) is 31.4 Å². The van der Waals surface area contributed by atoms with Crippen LogP contribution in [-0.2, 0) is 21.7 Å². The number of thioether (sulfide) groups is 1. The van der Waals surface area contributed by atoms with Crippen LogP contribution in [0.4, 0.5) is 5.82 Å². The highest BCUT2D eigenvalue weighted by Crippen LogP contribution is 2.38. The van der Waals surface area contributed by atoms with E-state index >= 15 is 0 Å². The molecule has 0 bridgehead atoms. The second kappa shape index (κ2) is 9.45. The molecule has 0 N–H and O–H groups in total. The van der Waals surface area contributed by atoms with E-state index in [1.165, 1.54) is 9.47 Å². The van der Waals surface area contributed by atoms with Gasteiger partial charge in [-0.3, -0.25) is 19.1 Å². The first-order valence-electron chi connectivity index (χ1n) is 11.2. The molecule has 1 aromatic rings. The lowest BCUT2D eigenvalue weighted by Gasteiger charge is -2.37. The number of aromatic nitrogens is 1. The molecule has 12 heteroatoms. The molecule has 1 atom stereocenters. The Morgan fingerprint density at radius 3 is 2.47 bits per heavy atom. The quantitative estimate of drug-likeness (QED) is 0.425. The number of pyridine rings is 1. The van der Waals surface area contributed by atoms with Crippen LogP contribution < -0.4 is 10.5 Å². The number of sulfone groups is 1. The molecule has 0 saturated carbocycles. The summed E-state index contributed by atoms with van der Waals surface area (Å²) in [5, 5.41) is 9.64. The van der Waals surface area contributed by atoms with Gasteiger partial charge in [-0.2, -0.15) is 5.26 Å². The van der Waals surface area contributed by atoms with E-state index < -0.39 is 15.9 Å². The number of likely N-dealkylation sites (N-methyl/N-ethyl adjacent to an activating group) is 1. The van der Waals surface area contributed by atoms with Crippen LogP contribution in [0.25, 0.3) is 6.08 Å². The highest BCUT2D eigenvalue weighted by Gasteiger charge is 2.42. The van der Waals surface area contributed by atoms with Gasteiger partial charge in [-0.15, -0.1) is 0 Å². The smallest absolute Gasteiger partial charge is 0.270 e. The maximum atomic E-state index is 13.3. The summed E-state index contributed by atoms with van der Waals surface area (Å²) < 4.78 is 25.7. The van der Waals surface area contributed by atoms with E-state index in [1.807, 2.05) is 6.07 Å². The summed E-state index contributed by atoms with van der Waals surface area (Å²) in [5.74, 6) is 0.307. The Morgan fingerprint density at radius 1 is 1.24 bits per heavy atom. The lowest BCUT2D eigenvalue weighted by atomic mass is 10.0. The molecule has 0 aromatic carbocycles. The monoisotopic (exact) mass is 521 g/mol. The Bertz CT molecular complexity index is 1290. The van der Waals surface area contributed by atoms with Gasteiger partial charge in [0.15, 0.2) is 9.84 Å². The summed E-state index contributed by atoms with van der Waals surface area (Å²) in [6, 6.07) is 1.56. The minimum atomic E-state index is -3.18. The second-order valence-corrected chi connectivity index (χ2v) is 12.6. The molecule has 9 nitrogen and oxygen atoms in total. The van der Waals surface area contributed by atoms with Crippen molar-refractivity contribution in [2.45, 2.75) is 26.3 Å². The number of nitriles is 1. The van der Waals surface area contributed by atoms with E-state index in [0.29, 0.717) is 45.7 Å². The van der Waals surface area contributed by atoms with E-state index in [9.17, 15) is 23.3 Å². The Labute approximate surface area is 208 Å². The van der Waals surface area contributed by atoms with Gasteiger partial charge in [0, 0.05) is 38.8 Å². The van der Waals surface area contributed by atoms with Crippen molar-refractivity contribution in [1.82, 2.24) is 14.4 Å². The molecule has 1 amide bonds. The maximum Gasteiger partial charge on any atom is 0.270 e. The first kappa shape index (κ1) is 24.9. The summed E-state index contributed by atoms with van der Waals surface area (Å²) >= 11 is 6.58. The van der Waals surface area contributed by atoms with Gasteiger partial charge in [-0.05, 0) is 31.5 Å². The fourth-order valence-corrected chi connectivity index (χ4v) is 7.86. The fraction of sp³-hybridized carbons (Fsp3) is 0.545. The van der Waals surface area contributed by atoms with Crippen LogP contribution in [0.15, 0.2) is 9.70 Å². The lowest BCUT2D eigenvalue weighted by Crippen LogP contribution is -2.48. The van der Waals surface area contributed by atoms with E-state index in [4.69, 9.17) is 12.2 Å². The molecular formula is C22H27N5O4S3. The molecule has 182 valence electrons. The Balaban J connectivity index is 1.77. The molecular weight excluding hydrogens is 494 g/mol. The third kappa shape index (κ3) is 4.42. The number of amides is 1. The second-order valence-electron chi connectivity index (χ2n) is 8.74. The van der Waals surface area contributed by atoms with Gasteiger partial charge in [-0.25, -0.2) is 8.42 Å². The van der Waals surface area contributed by atoms with Crippen molar-refractivity contribution < 1.29 is 13.2 Å². The highest BCUT2D eigenvalue weighted by atomic mass is 32.2. The molecule has 0 aliphatic carbocycles. The normalized spacial score (nSPS) is 24.3. The number of anilines is 1. The minimum absolute atomic E-state index is 0.0436. The van der Waals surface area contributed by atoms with Crippen LogP contribution in [-0.4, -0.2) is 83.3 Å². The van der Waals surface area contributed by atoms with E-state index in [-0.39, 0.29) is 28.5 Å². The van der Waals surface area contributed by atoms with Crippen LogP contribution in [0.2, 0.25) is 0 Å². The summed E-state index contributed by atoms with van der Waals surface area (Å²) in [7, 11) is -1.53. The minimum Gasteiger partial charge on any atom is -0.355 e.